The summed E-state index contributed by atoms with van der Waals surface area (Å²) < 4.78 is 369. The van der Waals surface area contributed by atoms with Gasteiger partial charge in [0.05, 0.1) is 0 Å². The Morgan fingerprint density at radius 1 is 0.339 bits per heavy atom. The molecule has 0 spiro atoms. The Kier molecular flexibility index (Phi) is 13.5. The Hall–Kier alpha value is -3.14. The van der Waals surface area contributed by atoms with Crippen molar-refractivity contribution >= 4 is 11.9 Å². The summed E-state index contributed by atoms with van der Waals surface area (Å²) in [5.41, 5.74) is 0. The summed E-state index contributed by atoms with van der Waals surface area (Å²) in [4.78, 5) is 23.8. The number of hydrogen-bond donors (Lipinski definition) is 0. The molecule has 2 unspecified atom stereocenters. The summed E-state index contributed by atoms with van der Waals surface area (Å²) in [5, 5.41) is 0. The molecule has 0 aromatic carbocycles. The molecule has 0 radical (unpaired) electrons. The van der Waals surface area contributed by atoms with Crippen LogP contribution in [0.1, 0.15) is 41.5 Å². The number of carbonyl (C=O) groups excluding carboxylic acids is 2. The minimum absolute atomic E-state index is 0.167. The lowest BCUT2D eigenvalue weighted by molar-refractivity contribution is -0.448. The van der Waals surface area contributed by atoms with Crippen LogP contribution in [-0.2, 0) is 19.1 Å². The molecule has 0 heterocycles. The van der Waals surface area contributed by atoms with Crippen molar-refractivity contribution in [3.8, 4) is 0 Å². The van der Waals surface area contributed by atoms with Gasteiger partial charge in [0.1, 0.15) is 0 Å². The molecule has 4 nitrogen and oxygen atoms in total. The second-order valence-corrected chi connectivity index (χ2v) is 12.3. The van der Waals surface area contributed by atoms with Crippen molar-refractivity contribution in [2.75, 3.05) is 0 Å². The van der Waals surface area contributed by atoms with E-state index in [0.29, 0.717) is 0 Å². The van der Waals surface area contributed by atoms with Gasteiger partial charge >= 0.3 is 94.7 Å². The zero-order valence-electron chi connectivity index (χ0n) is 27.8. The first-order valence-corrected chi connectivity index (χ1v) is 13.9. The highest BCUT2D eigenvalue weighted by atomic mass is 19.4. The lowest BCUT2D eigenvalue weighted by Gasteiger charge is -2.44. The van der Waals surface area contributed by atoms with Crippen molar-refractivity contribution in [3.63, 3.8) is 0 Å². The number of ether oxygens (including phenoxy) is 2. The maximum Gasteiger partial charge on any atom is 0.385 e. The first kappa shape index (κ1) is 52.9. The summed E-state index contributed by atoms with van der Waals surface area (Å²) in [5.74, 6) is -119. The van der Waals surface area contributed by atoms with Crippen molar-refractivity contribution in [2.24, 2.45) is 11.8 Å². The molecule has 2 atom stereocenters. The summed E-state index contributed by atoms with van der Waals surface area (Å²) >= 11 is 0. The second-order valence-electron chi connectivity index (χ2n) is 12.3. The van der Waals surface area contributed by atoms with Crippen molar-refractivity contribution in [1.29, 1.82) is 0 Å². The Bertz CT molecular complexity index is 1370. The Balaban J connectivity index is 6.98. The van der Waals surface area contributed by atoms with E-state index in [4.69, 9.17) is 0 Å². The van der Waals surface area contributed by atoms with E-state index in [-0.39, 0.29) is 27.7 Å². The topological polar surface area (TPSA) is 52.6 Å². The molecule has 0 aliphatic carbocycles. The largest absolute Gasteiger partial charge is 0.418 e. The van der Waals surface area contributed by atoms with Crippen molar-refractivity contribution in [1.82, 2.24) is 0 Å². The van der Waals surface area contributed by atoms with Gasteiger partial charge in [-0.15, -0.1) is 0 Å². The molecular weight excluding hydrogens is 870 g/mol. The van der Waals surface area contributed by atoms with Crippen LogP contribution in [-0.4, -0.2) is 94.7 Å². The molecule has 0 amide bonds. The highest BCUT2D eigenvalue weighted by molar-refractivity contribution is 5.92. The van der Waals surface area contributed by atoms with E-state index in [9.17, 15) is 115 Å². The monoisotopic (exact) mass is 892 g/mol. The van der Waals surface area contributed by atoms with Gasteiger partial charge in [0.15, 0.2) is 0 Å². The summed E-state index contributed by atoms with van der Waals surface area (Å²) in [6, 6.07) is 0. The van der Waals surface area contributed by atoms with E-state index in [2.05, 4.69) is 9.47 Å². The lowest BCUT2D eigenvalue weighted by atomic mass is 9.85. The van der Waals surface area contributed by atoms with Crippen molar-refractivity contribution < 1.29 is 133 Å². The fourth-order valence-electron chi connectivity index (χ4n) is 3.75. The maximum atomic E-state index is 15.2. The van der Waals surface area contributed by atoms with Gasteiger partial charge in [0.2, 0.25) is 0 Å². The van der Waals surface area contributed by atoms with E-state index >= 15 is 8.78 Å². The molecule has 56 heavy (non-hydrogen) atoms. The lowest BCUT2D eigenvalue weighted by Crippen LogP contribution is -2.74. The molecule has 0 bridgehead atoms. The van der Waals surface area contributed by atoms with Gasteiger partial charge in [-0.1, -0.05) is 27.7 Å². The molecule has 0 rings (SSSR count). The first-order valence-electron chi connectivity index (χ1n) is 13.9. The number of halogens is 26. The van der Waals surface area contributed by atoms with Crippen LogP contribution in [0.3, 0.4) is 0 Å². The fraction of sp³-hybridized carbons (Fsp3) is 0.846. The Labute approximate surface area is 294 Å². The third-order valence-corrected chi connectivity index (χ3v) is 7.45. The number of esters is 2. The smallest absolute Gasteiger partial charge is 0.385 e. The molecule has 0 N–H and O–H groups in total. The average molecular weight is 892 g/mol. The van der Waals surface area contributed by atoms with E-state index < -0.39 is 133 Å². The molecule has 0 aromatic heterocycles. The van der Waals surface area contributed by atoms with Gasteiger partial charge in [0.25, 0.3) is 0 Å². The van der Waals surface area contributed by atoms with Crippen LogP contribution in [0.25, 0.3) is 0 Å². The molecule has 30 heteroatoms. The van der Waals surface area contributed by atoms with Crippen molar-refractivity contribution in [2.45, 2.75) is 124 Å². The summed E-state index contributed by atoms with van der Waals surface area (Å²) in [7, 11) is 0. The van der Waals surface area contributed by atoms with Crippen LogP contribution in [0.4, 0.5) is 114 Å². The minimum Gasteiger partial charge on any atom is -0.418 e. The van der Waals surface area contributed by atoms with Crippen LogP contribution in [0, 0.1) is 11.8 Å². The molecule has 0 aliphatic rings. The minimum atomic E-state index is -8.44. The number of rotatable bonds is 18. The average Bonchev–Trinajstić information content (AvgIpc) is 2.97. The van der Waals surface area contributed by atoms with Gasteiger partial charge in [-0.2, -0.15) is 114 Å². The zero-order valence-corrected chi connectivity index (χ0v) is 27.8. The van der Waals surface area contributed by atoms with Gasteiger partial charge in [-0.3, -0.25) is 0 Å². The molecule has 0 aromatic rings. The predicted molar refractivity (Wildman–Crippen MR) is 129 cm³/mol. The number of carbonyl (C=O) groups is 2. The second kappa shape index (κ2) is 14.3. The normalized spacial score (nSPS) is 18.0. The van der Waals surface area contributed by atoms with E-state index in [0.717, 1.165) is 0 Å². The highest BCUT2D eigenvalue weighted by Crippen LogP contribution is 2.64. The third-order valence-electron chi connectivity index (χ3n) is 7.45. The first-order chi connectivity index (χ1) is 23.9. The van der Waals surface area contributed by atoms with Gasteiger partial charge in [-0.25, -0.2) is 9.59 Å². The molecule has 332 valence electrons. The Morgan fingerprint density at radius 3 is 0.661 bits per heavy atom. The van der Waals surface area contributed by atoms with E-state index in [1.807, 2.05) is 0 Å². The molecule has 0 fully saturated rings. The van der Waals surface area contributed by atoms with E-state index in [1.165, 1.54) is 0 Å². The van der Waals surface area contributed by atoms with Crippen LogP contribution in [0.2, 0.25) is 0 Å². The fourth-order valence-corrected chi connectivity index (χ4v) is 3.75. The van der Waals surface area contributed by atoms with Crippen LogP contribution in [0.5, 0.6) is 0 Å². The number of hydrogen-bond acceptors (Lipinski definition) is 4. The van der Waals surface area contributed by atoms with Gasteiger partial charge in [-0.05, 0) is 0 Å². The van der Waals surface area contributed by atoms with Gasteiger partial charge in [0, 0.05) is 37.8 Å². The number of alkyl halides is 26. The predicted octanol–water partition coefficient (Wildman–Crippen LogP) is 10.9. The standard InChI is InChI=1S/C26H22F26O4/c1-9(2)15(31,19(37,38)23(45,46)25(49,50)21(41,42)17(33,34)13(5,27)28)55-11(53)7-8-12(54)56-16(32,10(3)4)20(39,40)24(47,48)26(51,52)22(43,44)18(35,36)14(6,29)30/h7-10H,1-6H3/b8-7+. The van der Waals surface area contributed by atoms with Crippen LogP contribution < -0.4 is 0 Å². The maximum absolute atomic E-state index is 15.2. The van der Waals surface area contributed by atoms with E-state index in [1.54, 1.807) is 0 Å². The zero-order chi connectivity index (χ0) is 46.1. The molecule has 0 saturated carbocycles. The summed E-state index contributed by atoms with van der Waals surface area (Å²) in [6.45, 7) is -3.24. The molecule has 0 saturated heterocycles. The molecular formula is C26H22F26O4. The summed E-state index contributed by atoms with van der Waals surface area (Å²) in [6.07, 6.45) is -2.29. The van der Waals surface area contributed by atoms with Crippen molar-refractivity contribution in [3.05, 3.63) is 12.2 Å². The Morgan fingerprint density at radius 2 is 0.500 bits per heavy atom. The quantitative estimate of drug-likeness (QED) is 0.0782. The van der Waals surface area contributed by atoms with Gasteiger partial charge < -0.3 is 9.47 Å². The third kappa shape index (κ3) is 7.27. The highest BCUT2D eigenvalue weighted by Gasteiger charge is 2.94. The van der Waals surface area contributed by atoms with Crippen LogP contribution >= 0.6 is 0 Å². The van der Waals surface area contributed by atoms with Crippen LogP contribution in [0.15, 0.2) is 12.2 Å². The molecule has 0 aliphatic heterocycles. The SMILES string of the molecule is CC(C)C(F)(OC(=O)/C=C/C(=O)OC(F)(C(C)C)C(F)(F)C(F)(F)C(F)(F)C(F)(F)C(F)(F)C(C)(F)F)C(F)(F)C(F)(F)C(F)(F)C(F)(F)C(F)(F)C(C)(F)F.